The first-order chi connectivity index (χ1) is 14.1. The van der Waals surface area contributed by atoms with Crippen LogP contribution in [-0.2, 0) is 16.4 Å². The highest BCUT2D eigenvalue weighted by atomic mass is 35.5. The molecule has 0 fully saturated rings. The third-order valence-corrected chi connectivity index (χ3v) is 7.34. The number of amides is 2. The molecule has 1 aliphatic heterocycles. The molecular weight excluding hydrogens is 432 g/mol. The number of halogens is 1. The first-order valence-electron chi connectivity index (χ1n) is 9.51. The van der Waals surface area contributed by atoms with Crippen LogP contribution >= 0.6 is 11.6 Å². The van der Waals surface area contributed by atoms with Crippen molar-refractivity contribution in [2.24, 2.45) is 0 Å². The Morgan fingerprint density at radius 2 is 1.87 bits per heavy atom. The Balaban J connectivity index is 2.19. The van der Waals surface area contributed by atoms with Crippen LogP contribution in [0.15, 0.2) is 29.4 Å². The fourth-order valence-electron chi connectivity index (χ4n) is 3.28. The van der Waals surface area contributed by atoms with Crippen molar-refractivity contribution in [2.75, 3.05) is 25.1 Å². The zero-order valence-corrected chi connectivity index (χ0v) is 18.6. The summed E-state index contributed by atoms with van der Waals surface area (Å²) in [6, 6.07) is 6.38. The number of anilines is 1. The normalized spacial score (nSPS) is 17.0. The third-order valence-electron chi connectivity index (χ3n) is 5.03. The van der Waals surface area contributed by atoms with Crippen molar-refractivity contribution >= 4 is 33.3 Å². The molecule has 9 nitrogen and oxygen atoms in total. The lowest BCUT2D eigenvalue weighted by Crippen LogP contribution is -2.49. The molecule has 164 valence electrons. The summed E-state index contributed by atoms with van der Waals surface area (Å²) in [5.74, 6) is 0.0981. The molecule has 2 heterocycles. The number of aromatic nitrogens is 2. The van der Waals surface area contributed by atoms with Gasteiger partial charge < -0.3 is 14.8 Å². The van der Waals surface area contributed by atoms with Crippen LogP contribution in [0.1, 0.15) is 37.8 Å². The van der Waals surface area contributed by atoms with Gasteiger partial charge in [-0.3, -0.25) is 9.80 Å². The number of aliphatic hydroxyl groups is 2. The second-order valence-corrected chi connectivity index (χ2v) is 10.2. The van der Waals surface area contributed by atoms with E-state index in [-0.39, 0.29) is 42.8 Å². The van der Waals surface area contributed by atoms with E-state index in [1.165, 1.54) is 21.4 Å². The molecule has 2 aromatic rings. The van der Waals surface area contributed by atoms with E-state index in [4.69, 9.17) is 16.7 Å². The molecule has 30 heavy (non-hydrogen) atoms. The van der Waals surface area contributed by atoms with Gasteiger partial charge in [-0.1, -0.05) is 23.7 Å². The number of sulfone groups is 1. The fraction of sp³-hybridized carbons (Fsp3) is 0.474. The van der Waals surface area contributed by atoms with Gasteiger partial charge in [-0.25, -0.2) is 13.2 Å². The number of hydrogen-bond acceptors (Lipinski definition) is 6. The average molecular weight is 457 g/mol. The van der Waals surface area contributed by atoms with Crippen molar-refractivity contribution in [1.82, 2.24) is 14.5 Å². The molecule has 1 unspecified atom stereocenters. The summed E-state index contributed by atoms with van der Waals surface area (Å²) in [4.78, 5) is 19.4. The summed E-state index contributed by atoms with van der Waals surface area (Å²) in [5.41, 5.74) is 0.970. The average Bonchev–Trinajstić information content (AvgIpc) is 3.08. The maximum Gasteiger partial charge on any atom is 0.327 e. The zero-order chi connectivity index (χ0) is 22.2. The van der Waals surface area contributed by atoms with Crippen molar-refractivity contribution < 1.29 is 23.4 Å². The standard InChI is InChI=1S/C19H25ClN4O5S/c1-12(2)30(28,29)18-21-16-15(24(18)11-13-5-7-14(20)8-6-13)17(26)23(9-4-10-25)19(27)22(16)3/h5-8,12,17,25-26H,4,9-11H2,1-3H3. The lowest BCUT2D eigenvalue weighted by molar-refractivity contribution is 0.0188. The van der Waals surface area contributed by atoms with Gasteiger partial charge in [0.05, 0.1) is 11.8 Å². The zero-order valence-electron chi connectivity index (χ0n) is 17.0. The molecule has 1 aromatic carbocycles. The van der Waals surface area contributed by atoms with Crippen molar-refractivity contribution in [1.29, 1.82) is 0 Å². The van der Waals surface area contributed by atoms with E-state index < -0.39 is 27.3 Å². The molecule has 1 aliphatic rings. The number of nitrogens with zero attached hydrogens (tertiary/aromatic N) is 4. The fourth-order valence-corrected chi connectivity index (χ4v) is 4.51. The first kappa shape index (κ1) is 22.5. The topological polar surface area (TPSA) is 116 Å². The highest BCUT2D eigenvalue weighted by molar-refractivity contribution is 7.91. The Hall–Kier alpha value is -2.14. The SMILES string of the molecule is CC(C)S(=O)(=O)c1nc2c(n1Cc1ccc(Cl)cc1)C(O)N(CCCO)C(=O)N2C. The van der Waals surface area contributed by atoms with Crippen LogP contribution in [0.3, 0.4) is 0 Å². The molecule has 0 spiro atoms. The maximum atomic E-state index is 13.0. The first-order valence-corrected chi connectivity index (χ1v) is 11.4. The maximum absolute atomic E-state index is 13.0. The molecule has 0 saturated carbocycles. The predicted octanol–water partition coefficient (Wildman–Crippen LogP) is 2.01. The largest absolute Gasteiger partial charge is 0.396 e. The van der Waals surface area contributed by atoms with Gasteiger partial charge in [0.2, 0.25) is 15.0 Å². The Morgan fingerprint density at radius 1 is 1.23 bits per heavy atom. The highest BCUT2D eigenvalue weighted by Gasteiger charge is 2.42. The number of imidazole rings is 1. The number of carbonyl (C=O) groups excluding carboxylic acids is 1. The van der Waals surface area contributed by atoms with Gasteiger partial charge in [-0.2, -0.15) is 4.98 Å². The van der Waals surface area contributed by atoms with Crippen LogP contribution in [0.5, 0.6) is 0 Å². The number of rotatable bonds is 7. The van der Waals surface area contributed by atoms with E-state index in [0.717, 1.165) is 5.56 Å². The van der Waals surface area contributed by atoms with Crippen molar-refractivity contribution in [3.63, 3.8) is 0 Å². The lowest BCUT2D eigenvalue weighted by atomic mass is 10.2. The Labute approximate surface area is 180 Å². The molecule has 2 N–H and O–H groups in total. The number of aliphatic hydroxyl groups excluding tert-OH is 2. The molecule has 1 atom stereocenters. The van der Waals surface area contributed by atoms with Gasteiger partial charge in [-0.05, 0) is 38.0 Å². The second kappa shape index (κ2) is 8.54. The number of urea groups is 1. The minimum absolute atomic E-state index is 0.0981. The lowest BCUT2D eigenvalue weighted by Gasteiger charge is -2.36. The predicted molar refractivity (Wildman–Crippen MR) is 112 cm³/mol. The summed E-state index contributed by atoms with van der Waals surface area (Å²) in [5, 5.41) is 19.7. The van der Waals surface area contributed by atoms with Crippen LogP contribution in [0.25, 0.3) is 0 Å². The van der Waals surface area contributed by atoms with Crippen LogP contribution in [0.2, 0.25) is 5.02 Å². The minimum atomic E-state index is -3.81. The Kier molecular flexibility index (Phi) is 6.42. The third kappa shape index (κ3) is 3.92. The monoisotopic (exact) mass is 456 g/mol. The molecule has 3 rings (SSSR count). The van der Waals surface area contributed by atoms with Gasteiger partial charge in [0, 0.05) is 25.2 Å². The molecule has 0 saturated heterocycles. The molecular formula is C19H25ClN4O5S. The van der Waals surface area contributed by atoms with Crippen molar-refractivity contribution in [3.8, 4) is 0 Å². The molecule has 11 heteroatoms. The second-order valence-electron chi connectivity index (χ2n) is 7.40. The van der Waals surface area contributed by atoms with E-state index in [1.807, 2.05) is 0 Å². The van der Waals surface area contributed by atoms with Gasteiger partial charge in [0.15, 0.2) is 12.0 Å². The summed E-state index contributed by atoms with van der Waals surface area (Å²) in [6.07, 6.45) is -1.12. The van der Waals surface area contributed by atoms with Crippen molar-refractivity contribution in [2.45, 2.75) is 43.4 Å². The van der Waals surface area contributed by atoms with Crippen LogP contribution in [0, 0.1) is 0 Å². The summed E-state index contributed by atoms with van der Waals surface area (Å²) in [7, 11) is -2.33. The van der Waals surface area contributed by atoms with E-state index in [0.29, 0.717) is 5.02 Å². The van der Waals surface area contributed by atoms with Gasteiger partial charge in [-0.15, -0.1) is 0 Å². The quantitative estimate of drug-likeness (QED) is 0.658. The van der Waals surface area contributed by atoms with E-state index >= 15 is 0 Å². The molecule has 0 bridgehead atoms. The van der Waals surface area contributed by atoms with Crippen LogP contribution in [0.4, 0.5) is 10.6 Å². The summed E-state index contributed by atoms with van der Waals surface area (Å²) < 4.78 is 27.5. The molecule has 0 aliphatic carbocycles. The van der Waals surface area contributed by atoms with Gasteiger partial charge in [0.25, 0.3) is 0 Å². The van der Waals surface area contributed by atoms with E-state index in [9.17, 15) is 18.3 Å². The molecule has 0 radical (unpaired) electrons. The van der Waals surface area contributed by atoms with E-state index in [2.05, 4.69) is 4.98 Å². The van der Waals surface area contributed by atoms with Crippen LogP contribution in [-0.4, -0.2) is 64.6 Å². The number of carbonyl (C=O) groups is 1. The Bertz CT molecular complexity index is 1040. The van der Waals surface area contributed by atoms with Crippen molar-refractivity contribution in [3.05, 3.63) is 40.5 Å². The minimum Gasteiger partial charge on any atom is -0.396 e. The molecule has 1 aromatic heterocycles. The Morgan fingerprint density at radius 3 is 2.43 bits per heavy atom. The number of fused-ring (bicyclic) bond motifs is 1. The highest BCUT2D eigenvalue weighted by Crippen LogP contribution is 2.37. The van der Waals surface area contributed by atoms with Gasteiger partial charge in [0.1, 0.15) is 5.69 Å². The number of hydrogen-bond donors (Lipinski definition) is 2. The summed E-state index contributed by atoms with van der Waals surface area (Å²) in [6.45, 7) is 3.18. The molecule has 2 amide bonds. The van der Waals surface area contributed by atoms with Crippen LogP contribution < -0.4 is 4.90 Å². The summed E-state index contributed by atoms with van der Waals surface area (Å²) >= 11 is 5.95. The number of benzene rings is 1. The smallest absolute Gasteiger partial charge is 0.327 e. The van der Waals surface area contributed by atoms with E-state index in [1.54, 1.807) is 38.1 Å². The van der Waals surface area contributed by atoms with Gasteiger partial charge >= 0.3 is 6.03 Å².